The first kappa shape index (κ1) is 22.8. The first-order valence-corrected chi connectivity index (χ1v) is 12.2. The van der Waals surface area contributed by atoms with Gasteiger partial charge in [0.15, 0.2) is 9.84 Å². The highest BCUT2D eigenvalue weighted by atomic mass is 32.2. The Morgan fingerprint density at radius 2 is 1.94 bits per heavy atom. The van der Waals surface area contributed by atoms with Gasteiger partial charge in [0.25, 0.3) is 5.91 Å². The topological polar surface area (TPSA) is 136 Å². The molecule has 0 saturated heterocycles. The third kappa shape index (κ3) is 5.61. The lowest BCUT2D eigenvalue weighted by atomic mass is 10.0. The van der Waals surface area contributed by atoms with Crippen LogP contribution in [-0.2, 0) is 38.1 Å². The summed E-state index contributed by atoms with van der Waals surface area (Å²) in [5.41, 5.74) is 6.94. The van der Waals surface area contributed by atoms with Crippen LogP contribution in [0.4, 0.5) is 9.80 Å². The first-order valence-electron chi connectivity index (χ1n) is 9.60. The van der Waals surface area contributed by atoms with Crippen molar-refractivity contribution in [3.63, 3.8) is 0 Å². The molecule has 0 bridgehead atoms. The second-order valence-corrected chi connectivity index (χ2v) is 10.2. The van der Waals surface area contributed by atoms with Gasteiger partial charge in [-0.25, -0.2) is 13.2 Å². The molecule has 0 atom stereocenters. The van der Waals surface area contributed by atoms with E-state index in [9.17, 15) is 22.8 Å². The molecule has 166 valence electrons. The van der Waals surface area contributed by atoms with Crippen LogP contribution >= 0.6 is 11.3 Å². The minimum Gasteiger partial charge on any atom is -0.450 e. The van der Waals surface area contributed by atoms with E-state index in [-0.39, 0.29) is 29.5 Å². The van der Waals surface area contributed by atoms with Gasteiger partial charge in [-0.3, -0.25) is 9.59 Å². The van der Waals surface area contributed by atoms with Crippen LogP contribution in [0.2, 0.25) is 0 Å². The van der Waals surface area contributed by atoms with E-state index in [2.05, 4.69) is 5.32 Å². The number of hydrogen-bond acceptors (Lipinski definition) is 7. The Kier molecular flexibility index (Phi) is 6.96. The largest absolute Gasteiger partial charge is 0.450 e. The molecule has 3 rings (SSSR count). The number of ether oxygens (including phenoxy) is 1. The van der Waals surface area contributed by atoms with Gasteiger partial charge in [-0.2, -0.15) is 0 Å². The average molecular weight is 466 g/mol. The highest BCUT2D eigenvalue weighted by Gasteiger charge is 2.30. The molecule has 3 amide bonds. The van der Waals surface area contributed by atoms with Crippen LogP contribution in [0.1, 0.15) is 33.3 Å². The number of amides is 3. The van der Waals surface area contributed by atoms with Crippen molar-refractivity contribution in [3.05, 3.63) is 51.9 Å². The second-order valence-electron chi connectivity index (χ2n) is 7.01. The molecule has 1 aromatic carbocycles. The van der Waals surface area contributed by atoms with E-state index in [1.165, 1.54) is 4.90 Å². The summed E-state index contributed by atoms with van der Waals surface area (Å²) in [4.78, 5) is 38.7. The molecule has 2 aromatic rings. The standard InChI is InChI=1S/C20H23N3O6S2/c1-2-29-20(26)23-9-8-14-15(10-23)30-19(17(14)18(21)25)22-16(24)12-31(27,28)11-13-6-4-3-5-7-13/h3-7H,2,8-12H2,1H3,(H2,21,25)(H,22,24). The van der Waals surface area contributed by atoms with Crippen molar-refractivity contribution in [2.75, 3.05) is 24.2 Å². The highest BCUT2D eigenvalue weighted by Crippen LogP contribution is 2.37. The summed E-state index contributed by atoms with van der Waals surface area (Å²) in [6.45, 7) is 2.53. The van der Waals surface area contributed by atoms with E-state index < -0.39 is 33.5 Å². The molecule has 3 N–H and O–H groups in total. The van der Waals surface area contributed by atoms with Crippen LogP contribution in [0.5, 0.6) is 0 Å². The first-order chi connectivity index (χ1) is 14.7. The number of primary amides is 1. The third-order valence-electron chi connectivity index (χ3n) is 4.66. The average Bonchev–Trinajstić information content (AvgIpc) is 3.04. The summed E-state index contributed by atoms with van der Waals surface area (Å²) < 4.78 is 29.8. The lowest BCUT2D eigenvalue weighted by Crippen LogP contribution is -2.36. The number of carbonyl (C=O) groups is 3. The Bertz CT molecular complexity index is 1100. The molecule has 0 saturated carbocycles. The zero-order chi connectivity index (χ0) is 22.6. The number of thiophene rings is 1. The fourth-order valence-corrected chi connectivity index (χ4v) is 5.92. The molecule has 9 nitrogen and oxygen atoms in total. The maximum atomic E-state index is 12.4. The van der Waals surface area contributed by atoms with Crippen molar-refractivity contribution >= 4 is 44.1 Å². The van der Waals surface area contributed by atoms with Gasteiger partial charge in [-0.1, -0.05) is 30.3 Å². The number of nitrogens with zero attached hydrogens (tertiary/aromatic N) is 1. The fraction of sp³-hybridized carbons (Fsp3) is 0.350. The predicted molar refractivity (Wildman–Crippen MR) is 117 cm³/mol. The number of benzene rings is 1. The molecule has 0 unspecified atom stereocenters. The molecule has 1 aliphatic heterocycles. The van der Waals surface area contributed by atoms with Gasteiger partial charge in [0.05, 0.1) is 24.5 Å². The number of rotatable bonds is 7. The van der Waals surface area contributed by atoms with Gasteiger partial charge >= 0.3 is 6.09 Å². The Balaban J connectivity index is 1.75. The van der Waals surface area contributed by atoms with Crippen LogP contribution in [0, 0.1) is 0 Å². The van der Waals surface area contributed by atoms with Gasteiger partial charge < -0.3 is 20.7 Å². The smallest absolute Gasteiger partial charge is 0.410 e. The van der Waals surface area contributed by atoms with Gasteiger partial charge in [0.2, 0.25) is 5.91 Å². The van der Waals surface area contributed by atoms with E-state index in [1.807, 2.05) is 0 Å². The zero-order valence-electron chi connectivity index (χ0n) is 16.9. The summed E-state index contributed by atoms with van der Waals surface area (Å²) in [6.07, 6.45) is -0.0785. The molecule has 0 aliphatic carbocycles. The van der Waals surface area contributed by atoms with Crippen molar-refractivity contribution < 1.29 is 27.5 Å². The van der Waals surface area contributed by atoms with Crippen LogP contribution in [0.3, 0.4) is 0 Å². The lowest BCUT2D eigenvalue weighted by Gasteiger charge is -2.26. The molecule has 1 aromatic heterocycles. The molecule has 1 aliphatic rings. The van der Waals surface area contributed by atoms with Crippen molar-refractivity contribution in [2.24, 2.45) is 5.73 Å². The Morgan fingerprint density at radius 1 is 1.23 bits per heavy atom. The van der Waals surface area contributed by atoms with Crippen LogP contribution < -0.4 is 11.1 Å². The van der Waals surface area contributed by atoms with E-state index in [0.29, 0.717) is 29.0 Å². The van der Waals surface area contributed by atoms with E-state index >= 15 is 0 Å². The number of nitrogens with two attached hydrogens (primary N) is 1. The Labute approximate surface area is 184 Å². The van der Waals surface area contributed by atoms with Crippen molar-refractivity contribution in [2.45, 2.75) is 25.6 Å². The van der Waals surface area contributed by atoms with Crippen molar-refractivity contribution in [1.82, 2.24) is 4.90 Å². The number of hydrogen-bond donors (Lipinski definition) is 2. The number of carbonyl (C=O) groups excluding carboxylic acids is 3. The number of anilines is 1. The summed E-state index contributed by atoms with van der Waals surface area (Å²) in [5.74, 6) is -2.46. The normalized spacial score (nSPS) is 13.4. The Morgan fingerprint density at radius 3 is 2.58 bits per heavy atom. The molecule has 0 radical (unpaired) electrons. The number of sulfone groups is 1. The Hall–Kier alpha value is -2.92. The quantitative estimate of drug-likeness (QED) is 0.641. The summed E-state index contributed by atoms with van der Waals surface area (Å²) in [6, 6.07) is 8.56. The maximum Gasteiger partial charge on any atom is 0.410 e. The lowest BCUT2D eigenvalue weighted by molar-refractivity contribution is -0.113. The molecular formula is C20H23N3O6S2. The number of fused-ring (bicyclic) bond motifs is 1. The molecule has 11 heteroatoms. The molecule has 0 spiro atoms. The minimum atomic E-state index is -3.71. The van der Waals surface area contributed by atoms with E-state index in [1.54, 1.807) is 37.3 Å². The molecule has 2 heterocycles. The van der Waals surface area contributed by atoms with Gasteiger partial charge in [0.1, 0.15) is 10.8 Å². The van der Waals surface area contributed by atoms with Crippen molar-refractivity contribution in [1.29, 1.82) is 0 Å². The van der Waals surface area contributed by atoms with Crippen LogP contribution in [0.25, 0.3) is 0 Å². The molecule has 31 heavy (non-hydrogen) atoms. The summed E-state index contributed by atoms with van der Waals surface area (Å²) in [5, 5.41) is 2.72. The second kappa shape index (κ2) is 9.48. The SMILES string of the molecule is CCOC(=O)N1CCc2c(sc(NC(=O)CS(=O)(=O)Cc3ccccc3)c2C(N)=O)C1. The molecular weight excluding hydrogens is 442 g/mol. The van der Waals surface area contributed by atoms with Gasteiger partial charge in [0, 0.05) is 11.4 Å². The molecule has 0 fully saturated rings. The monoisotopic (exact) mass is 465 g/mol. The van der Waals surface area contributed by atoms with E-state index in [4.69, 9.17) is 10.5 Å². The van der Waals surface area contributed by atoms with Gasteiger partial charge in [-0.05, 0) is 24.5 Å². The third-order valence-corrected chi connectivity index (χ3v) is 7.27. The summed E-state index contributed by atoms with van der Waals surface area (Å²) >= 11 is 1.11. The van der Waals surface area contributed by atoms with Crippen molar-refractivity contribution in [3.8, 4) is 0 Å². The predicted octanol–water partition coefficient (Wildman–Crippen LogP) is 1.92. The zero-order valence-corrected chi connectivity index (χ0v) is 18.6. The highest BCUT2D eigenvalue weighted by molar-refractivity contribution is 7.91. The number of nitrogens with one attached hydrogen (secondary N) is 1. The minimum absolute atomic E-state index is 0.164. The summed E-state index contributed by atoms with van der Waals surface area (Å²) in [7, 11) is -3.71. The fourth-order valence-electron chi connectivity index (χ4n) is 3.36. The maximum absolute atomic E-state index is 12.4. The van der Waals surface area contributed by atoms with Gasteiger partial charge in [-0.15, -0.1) is 11.3 Å². The van der Waals surface area contributed by atoms with E-state index in [0.717, 1.165) is 11.3 Å². The van der Waals surface area contributed by atoms with Crippen LogP contribution in [0.15, 0.2) is 30.3 Å². The van der Waals surface area contributed by atoms with Crippen LogP contribution in [-0.4, -0.2) is 50.1 Å².